The molecule has 0 heterocycles. The second-order valence-electron chi connectivity index (χ2n) is 5.34. The molecule has 1 saturated carbocycles. The fraction of sp³-hybridized carbons (Fsp3) is 0.533. The van der Waals surface area contributed by atoms with E-state index in [1.165, 1.54) is 19.3 Å². The lowest BCUT2D eigenvalue weighted by Gasteiger charge is -2.24. The number of urea groups is 1. The second-order valence-corrected chi connectivity index (χ2v) is 6.18. The number of nitrogens with one attached hydrogen (secondary N) is 2. The molecule has 0 spiro atoms. The molecule has 3 nitrogen and oxygen atoms in total. The molecule has 0 unspecified atom stereocenters. The van der Waals surface area contributed by atoms with E-state index < -0.39 is 0 Å². The average Bonchev–Trinajstić information content (AvgIpc) is 2.39. The molecule has 1 fully saturated rings. The Kier molecular flexibility index (Phi) is 5.55. The fourth-order valence-electron chi connectivity index (χ4n) is 2.60. The average molecular weight is 315 g/mol. The molecule has 0 aromatic heterocycles. The van der Waals surface area contributed by atoms with Crippen molar-refractivity contribution in [1.29, 1.82) is 0 Å². The van der Waals surface area contributed by atoms with Crippen molar-refractivity contribution in [2.75, 3.05) is 0 Å². The molecule has 1 atom stereocenters. The van der Waals surface area contributed by atoms with Crippen molar-refractivity contribution in [3.8, 4) is 0 Å². The van der Waals surface area contributed by atoms with Gasteiger partial charge in [0, 0.05) is 16.1 Å². The predicted octanol–water partition coefficient (Wildman–Crippen LogP) is 4.69. The molecule has 2 rings (SSSR count). The van der Waals surface area contributed by atoms with Crippen LogP contribution in [0.4, 0.5) is 4.79 Å². The van der Waals surface area contributed by atoms with E-state index in [1.54, 1.807) is 12.1 Å². The third-order valence-electron chi connectivity index (χ3n) is 3.72. The number of halogens is 2. The highest BCUT2D eigenvalue weighted by Gasteiger charge is 2.18. The van der Waals surface area contributed by atoms with Crippen molar-refractivity contribution >= 4 is 29.2 Å². The van der Waals surface area contributed by atoms with E-state index in [9.17, 15) is 4.79 Å². The van der Waals surface area contributed by atoms with Crippen LogP contribution in [0.1, 0.15) is 50.6 Å². The van der Waals surface area contributed by atoms with Crippen molar-refractivity contribution in [2.24, 2.45) is 0 Å². The maximum absolute atomic E-state index is 12.0. The van der Waals surface area contributed by atoms with Crippen molar-refractivity contribution in [3.63, 3.8) is 0 Å². The first-order chi connectivity index (χ1) is 9.56. The molecule has 1 aromatic rings. The van der Waals surface area contributed by atoms with Crippen molar-refractivity contribution in [2.45, 2.75) is 51.1 Å². The van der Waals surface area contributed by atoms with Gasteiger partial charge >= 0.3 is 6.03 Å². The molecule has 1 aliphatic rings. The van der Waals surface area contributed by atoms with Crippen molar-refractivity contribution in [3.05, 3.63) is 33.8 Å². The van der Waals surface area contributed by atoms with Gasteiger partial charge in [-0.2, -0.15) is 0 Å². The van der Waals surface area contributed by atoms with Crippen LogP contribution < -0.4 is 10.6 Å². The fourth-order valence-corrected chi connectivity index (χ4v) is 3.17. The molecule has 0 bridgehead atoms. The van der Waals surface area contributed by atoms with Gasteiger partial charge in [-0.05, 0) is 37.5 Å². The van der Waals surface area contributed by atoms with E-state index in [1.807, 2.05) is 13.0 Å². The minimum Gasteiger partial charge on any atom is -0.335 e. The van der Waals surface area contributed by atoms with Gasteiger partial charge in [0.1, 0.15) is 0 Å². The standard InChI is InChI=1S/C15H20Cl2N2O/c1-10(13-8-7-11(16)9-14(13)17)18-15(20)19-12-5-3-2-4-6-12/h7-10,12H,2-6H2,1H3,(H2,18,19,20)/t10-/m0/s1. The summed E-state index contributed by atoms with van der Waals surface area (Å²) in [7, 11) is 0. The maximum atomic E-state index is 12.0. The Labute approximate surface area is 130 Å². The molecule has 5 heteroatoms. The quantitative estimate of drug-likeness (QED) is 0.835. The lowest BCUT2D eigenvalue weighted by molar-refractivity contribution is 0.229. The Balaban J connectivity index is 1.89. The molecule has 0 saturated heterocycles. The highest BCUT2D eigenvalue weighted by molar-refractivity contribution is 6.35. The summed E-state index contributed by atoms with van der Waals surface area (Å²) in [6, 6.07) is 5.33. The Morgan fingerprint density at radius 1 is 1.25 bits per heavy atom. The van der Waals surface area contributed by atoms with Gasteiger partial charge in [0.25, 0.3) is 0 Å². The highest BCUT2D eigenvalue weighted by Crippen LogP contribution is 2.26. The largest absolute Gasteiger partial charge is 0.335 e. The van der Waals surface area contributed by atoms with Crippen LogP contribution in [0.15, 0.2) is 18.2 Å². The summed E-state index contributed by atoms with van der Waals surface area (Å²) >= 11 is 12.0. The zero-order valence-corrected chi connectivity index (χ0v) is 13.1. The van der Waals surface area contributed by atoms with Gasteiger partial charge in [-0.25, -0.2) is 4.79 Å². The topological polar surface area (TPSA) is 41.1 Å². The van der Waals surface area contributed by atoms with Crippen LogP contribution in [-0.2, 0) is 0 Å². The van der Waals surface area contributed by atoms with Gasteiger partial charge in [0.2, 0.25) is 0 Å². The third-order valence-corrected chi connectivity index (χ3v) is 4.28. The smallest absolute Gasteiger partial charge is 0.315 e. The van der Waals surface area contributed by atoms with E-state index in [4.69, 9.17) is 23.2 Å². The van der Waals surface area contributed by atoms with E-state index in [2.05, 4.69) is 10.6 Å². The molecule has 1 aliphatic carbocycles. The number of carbonyl (C=O) groups excluding carboxylic acids is 1. The van der Waals surface area contributed by atoms with Crippen LogP contribution >= 0.6 is 23.2 Å². The third kappa shape index (κ3) is 4.29. The van der Waals surface area contributed by atoms with E-state index >= 15 is 0 Å². The molecular weight excluding hydrogens is 295 g/mol. The van der Waals surface area contributed by atoms with Crippen LogP contribution in [0.25, 0.3) is 0 Å². The lowest BCUT2D eigenvalue weighted by atomic mass is 9.96. The summed E-state index contributed by atoms with van der Waals surface area (Å²) < 4.78 is 0. The van der Waals surface area contributed by atoms with E-state index in [0.29, 0.717) is 16.1 Å². The first-order valence-electron chi connectivity index (χ1n) is 7.08. The summed E-state index contributed by atoms with van der Waals surface area (Å²) in [4.78, 5) is 12.0. The number of rotatable bonds is 3. The Morgan fingerprint density at radius 3 is 2.60 bits per heavy atom. The van der Waals surface area contributed by atoms with E-state index in [-0.39, 0.29) is 12.1 Å². The summed E-state index contributed by atoms with van der Waals surface area (Å²) in [5, 5.41) is 7.12. The lowest BCUT2D eigenvalue weighted by Crippen LogP contribution is -2.43. The molecule has 2 N–H and O–H groups in total. The Morgan fingerprint density at radius 2 is 1.95 bits per heavy atom. The normalized spacial score (nSPS) is 17.6. The predicted molar refractivity (Wildman–Crippen MR) is 83.4 cm³/mol. The SMILES string of the molecule is C[C@H](NC(=O)NC1CCCCC1)c1ccc(Cl)cc1Cl. The number of carbonyl (C=O) groups is 1. The number of hydrogen-bond donors (Lipinski definition) is 2. The summed E-state index contributed by atoms with van der Waals surface area (Å²) in [6.07, 6.45) is 5.82. The monoisotopic (exact) mass is 314 g/mol. The number of hydrogen-bond acceptors (Lipinski definition) is 1. The first-order valence-corrected chi connectivity index (χ1v) is 7.84. The van der Waals surface area contributed by atoms with Gasteiger partial charge < -0.3 is 10.6 Å². The van der Waals surface area contributed by atoms with Crippen molar-refractivity contribution in [1.82, 2.24) is 10.6 Å². The Bertz CT molecular complexity index is 473. The van der Waals surface area contributed by atoms with Gasteiger partial charge in [-0.15, -0.1) is 0 Å². The number of benzene rings is 1. The minimum atomic E-state index is -0.150. The molecule has 2 amide bonds. The maximum Gasteiger partial charge on any atom is 0.315 e. The number of amides is 2. The van der Waals surface area contributed by atoms with Crippen LogP contribution in [-0.4, -0.2) is 12.1 Å². The molecule has 0 radical (unpaired) electrons. The second kappa shape index (κ2) is 7.19. The van der Waals surface area contributed by atoms with Gasteiger partial charge in [-0.1, -0.05) is 48.5 Å². The van der Waals surface area contributed by atoms with Crippen molar-refractivity contribution < 1.29 is 4.79 Å². The van der Waals surface area contributed by atoms with Crippen LogP contribution in [0.5, 0.6) is 0 Å². The Hall–Kier alpha value is -0.930. The van der Waals surface area contributed by atoms with E-state index in [0.717, 1.165) is 18.4 Å². The molecule has 0 aliphatic heterocycles. The molecule has 110 valence electrons. The van der Waals surface area contributed by atoms with Gasteiger partial charge in [0.15, 0.2) is 0 Å². The minimum absolute atomic E-state index is 0.129. The highest BCUT2D eigenvalue weighted by atomic mass is 35.5. The van der Waals surface area contributed by atoms with Crippen LogP contribution in [0.2, 0.25) is 10.0 Å². The molecule has 20 heavy (non-hydrogen) atoms. The van der Waals surface area contributed by atoms with Crippen LogP contribution in [0, 0.1) is 0 Å². The van der Waals surface area contributed by atoms with Gasteiger partial charge in [0.05, 0.1) is 6.04 Å². The first kappa shape index (κ1) is 15.5. The molecular formula is C15H20Cl2N2O. The van der Waals surface area contributed by atoms with Gasteiger partial charge in [-0.3, -0.25) is 0 Å². The zero-order valence-electron chi connectivity index (χ0n) is 11.6. The molecule has 1 aromatic carbocycles. The summed E-state index contributed by atoms with van der Waals surface area (Å²) in [6.45, 7) is 1.91. The summed E-state index contributed by atoms with van der Waals surface area (Å²) in [5.74, 6) is 0. The summed E-state index contributed by atoms with van der Waals surface area (Å²) in [5.41, 5.74) is 0.870. The van der Waals surface area contributed by atoms with Crippen LogP contribution in [0.3, 0.4) is 0 Å². The zero-order chi connectivity index (χ0) is 14.5.